The third-order valence-corrected chi connectivity index (χ3v) is 6.52. The van der Waals surface area contributed by atoms with Crippen molar-refractivity contribution in [3.63, 3.8) is 0 Å². The van der Waals surface area contributed by atoms with E-state index in [1.54, 1.807) is 31.2 Å². The minimum Gasteiger partial charge on any atom is -0.492 e. The zero-order valence-corrected chi connectivity index (χ0v) is 16.6. The van der Waals surface area contributed by atoms with Crippen LogP contribution in [0.1, 0.15) is 16.6 Å². The summed E-state index contributed by atoms with van der Waals surface area (Å²) in [6.07, 6.45) is 0. The Morgan fingerprint density at radius 3 is 2.54 bits per heavy atom. The molecular formula is C15H17BrN2O4S2. The van der Waals surface area contributed by atoms with E-state index in [2.05, 4.69) is 21.2 Å². The van der Waals surface area contributed by atoms with Gasteiger partial charge in [0.2, 0.25) is 10.0 Å². The van der Waals surface area contributed by atoms with Crippen LogP contribution in [0.2, 0.25) is 0 Å². The number of halogens is 1. The summed E-state index contributed by atoms with van der Waals surface area (Å²) in [4.78, 5) is 12.8. The molecule has 0 saturated heterocycles. The van der Waals surface area contributed by atoms with Gasteiger partial charge < -0.3 is 10.1 Å². The summed E-state index contributed by atoms with van der Waals surface area (Å²) >= 11 is 4.60. The van der Waals surface area contributed by atoms with E-state index in [0.29, 0.717) is 17.2 Å². The van der Waals surface area contributed by atoms with Crippen molar-refractivity contribution < 1.29 is 17.9 Å². The quantitative estimate of drug-likeness (QED) is 0.758. The molecule has 0 atom stereocenters. The molecule has 0 saturated carbocycles. The minimum atomic E-state index is -3.70. The number of carbonyl (C=O) groups is 1. The Bertz CT molecular complexity index is 847. The lowest BCUT2D eigenvalue weighted by molar-refractivity contribution is 0.103. The zero-order chi connectivity index (χ0) is 17.9. The molecule has 0 bridgehead atoms. The van der Waals surface area contributed by atoms with Crippen LogP contribution >= 0.6 is 27.3 Å². The molecule has 130 valence electrons. The van der Waals surface area contributed by atoms with E-state index < -0.39 is 10.0 Å². The number of anilines is 1. The molecule has 9 heteroatoms. The van der Waals surface area contributed by atoms with Crippen LogP contribution in [0, 0.1) is 0 Å². The second-order valence-corrected chi connectivity index (χ2v) is 9.52. The summed E-state index contributed by atoms with van der Waals surface area (Å²) in [6.45, 7) is 2.11. The number of nitrogens with one attached hydrogen (secondary N) is 1. The van der Waals surface area contributed by atoms with Crippen LogP contribution in [0.3, 0.4) is 0 Å². The van der Waals surface area contributed by atoms with E-state index in [4.69, 9.17) is 4.74 Å². The molecule has 1 aromatic carbocycles. The number of amides is 1. The highest BCUT2D eigenvalue weighted by Crippen LogP contribution is 2.30. The third-order valence-electron chi connectivity index (χ3n) is 3.06. The third kappa shape index (κ3) is 4.15. The smallest absolute Gasteiger partial charge is 0.265 e. The predicted molar refractivity (Wildman–Crippen MR) is 98.5 cm³/mol. The second kappa shape index (κ2) is 7.64. The Labute approximate surface area is 153 Å². The SMILES string of the molecule is CCOc1ccc(NC(=O)c2ccc(Br)s2)cc1S(=O)(=O)N(C)C. The van der Waals surface area contributed by atoms with E-state index >= 15 is 0 Å². The van der Waals surface area contributed by atoms with Crippen molar-refractivity contribution in [1.29, 1.82) is 0 Å². The van der Waals surface area contributed by atoms with Crippen LogP contribution in [-0.2, 0) is 10.0 Å². The molecule has 1 N–H and O–H groups in total. The van der Waals surface area contributed by atoms with Gasteiger partial charge in [0.25, 0.3) is 5.91 Å². The van der Waals surface area contributed by atoms with Crippen LogP contribution in [0.5, 0.6) is 5.75 Å². The number of sulfonamides is 1. The normalized spacial score (nSPS) is 11.5. The molecule has 0 aliphatic heterocycles. The summed E-state index contributed by atoms with van der Waals surface area (Å²) in [5.74, 6) is -0.0499. The van der Waals surface area contributed by atoms with Crippen LogP contribution in [0.25, 0.3) is 0 Å². The monoisotopic (exact) mass is 432 g/mol. The summed E-state index contributed by atoms with van der Waals surface area (Å²) < 4.78 is 32.3. The minimum absolute atomic E-state index is 0.0134. The highest BCUT2D eigenvalue weighted by atomic mass is 79.9. The van der Waals surface area contributed by atoms with Crippen molar-refractivity contribution in [1.82, 2.24) is 4.31 Å². The van der Waals surface area contributed by atoms with Gasteiger partial charge in [0.1, 0.15) is 10.6 Å². The van der Waals surface area contributed by atoms with Gasteiger partial charge in [0.15, 0.2) is 0 Å². The molecule has 1 heterocycles. The van der Waals surface area contributed by atoms with Crippen molar-refractivity contribution in [3.8, 4) is 5.75 Å². The molecule has 2 rings (SSSR count). The first-order chi connectivity index (χ1) is 11.3. The van der Waals surface area contributed by atoms with Gasteiger partial charge in [-0.15, -0.1) is 11.3 Å². The first-order valence-electron chi connectivity index (χ1n) is 7.01. The van der Waals surface area contributed by atoms with Gasteiger partial charge in [-0.1, -0.05) is 0 Å². The van der Waals surface area contributed by atoms with E-state index in [1.165, 1.54) is 31.5 Å². The van der Waals surface area contributed by atoms with Crippen molar-refractivity contribution in [2.75, 3.05) is 26.0 Å². The number of nitrogens with zero attached hydrogens (tertiary/aromatic N) is 1. The fourth-order valence-corrected chi connectivity index (χ4v) is 4.22. The fraction of sp³-hybridized carbons (Fsp3) is 0.267. The van der Waals surface area contributed by atoms with Crippen LogP contribution in [-0.4, -0.2) is 39.3 Å². The standard InChI is InChI=1S/C15H17BrN2O4S2/c1-4-22-11-6-5-10(9-13(11)24(20,21)18(2)3)17-15(19)12-7-8-14(16)23-12/h5-9H,4H2,1-3H3,(H,17,19). The van der Waals surface area contributed by atoms with Gasteiger partial charge in [-0.2, -0.15) is 0 Å². The average Bonchev–Trinajstić information content (AvgIpc) is 2.95. The van der Waals surface area contributed by atoms with Crippen LogP contribution < -0.4 is 10.1 Å². The Morgan fingerprint density at radius 2 is 2.00 bits per heavy atom. The second-order valence-electron chi connectivity index (χ2n) is 4.94. The van der Waals surface area contributed by atoms with Crippen molar-refractivity contribution in [2.24, 2.45) is 0 Å². The van der Waals surface area contributed by atoms with Gasteiger partial charge in [-0.25, -0.2) is 12.7 Å². The van der Waals surface area contributed by atoms with Gasteiger partial charge in [-0.3, -0.25) is 4.79 Å². The van der Waals surface area contributed by atoms with E-state index in [9.17, 15) is 13.2 Å². The first-order valence-corrected chi connectivity index (χ1v) is 10.1. The molecule has 24 heavy (non-hydrogen) atoms. The molecule has 1 aromatic heterocycles. The zero-order valence-electron chi connectivity index (χ0n) is 13.4. The first kappa shape index (κ1) is 18.9. The van der Waals surface area contributed by atoms with E-state index in [0.717, 1.165) is 8.09 Å². The van der Waals surface area contributed by atoms with Crippen molar-refractivity contribution >= 4 is 48.9 Å². The van der Waals surface area contributed by atoms with Crippen LogP contribution in [0.15, 0.2) is 39.0 Å². The maximum Gasteiger partial charge on any atom is 0.265 e. The van der Waals surface area contributed by atoms with Gasteiger partial charge >= 0.3 is 0 Å². The van der Waals surface area contributed by atoms with Crippen molar-refractivity contribution in [2.45, 2.75) is 11.8 Å². The highest BCUT2D eigenvalue weighted by molar-refractivity contribution is 9.11. The molecule has 0 aliphatic carbocycles. The maximum absolute atomic E-state index is 12.5. The molecule has 6 nitrogen and oxygen atoms in total. The molecule has 2 aromatic rings. The Balaban J connectivity index is 2.37. The highest BCUT2D eigenvalue weighted by Gasteiger charge is 2.23. The lowest BCUT2D eigenvalue weighted by Crippen LogP contribution is -2.23. The van der Waals surface area contributed by atoms with Gasteiger partial charge in [0, 0.05) is 19.8 Å². The average molecular weight is 433 g/mol. The number of thiophene rings is 1. The maximum atomic E-state index is 12.5. The van der Waals surface area contributed by atoms with Gasteiger partial charge in [-0.05, 0) is 53.2 Å². The van der Waals surface area contributed by atoms with E-state index in [1.807, 2.05) is 0 Å². The van der Waals surface area contributed by atoms with Crippen molar-refractivity contribution in [3.05, 3.63) is 39.0 Å². The molecule has 0 aliphatic rings. The van der Waals surface area contributed by atoms with E-state index in [-0.39, 0.29) is 16.6 Å². The molecule has 1 amide bonds. The fourth-order valence-electron chi connectivity index (χ4n) is 1.89. The summed E-state index contributed by atoms with van der Waals surface area (Å²) in [5, 5.41) is 2.70. The molecule has 0 unspecified atom stereocenters. The molecule has 0 radical (unpaired) electrons. The Kier molecular flexibility index (Phi) is 6.02. The lowest BCUT2D eigenvalue weighted by atomic mass is 10.3. The number of hydrogen-bond donors (Lipinski definition) is 1. The number of rotatable bonds is 6. The summed E-state index contributed by atoms with van der Waals surface area (Å²) in [6, 6.07) is 8.02. The topological polar surface area (TPSA) is 75.7 Å². The molecule has 0 spiro atoms. The number of benzene rings is 1. The Morgan fingerprint density at radius 1 is 1.29 bits per heavy atom. The predicted octanol–water partition coefficient (Wildman–Crippen LogP) is 3.41. The largest absolute Gasteiger partial charge is 0.492 e. The Hall–Kier alpha value is -1.42. The summed E-state index contributed by atoms with van der Waals surface area (Å²) in [7, 11) is -0.809. The van der Waals surface area contributed by atoms with Gasteiger partial charge in [0.05, 0.1) is 15.3 Å². The number of carbonyl (C=O) groups excluding carboxylic acids is 1. The lowest BCUT2D eigenvalue weighted by Gasteiger charge is -2.16. The molecular weight excluding hydrogens is 416 g/mol. The molecule has 0 fully saturated rings. The number of ether oxygens (including phenoxy) is 1. The summed E-state index contributed by atoms with van der Waals surface area (Å²) in [5.41, 5.74) is 0.383. The van der Waals surface area contributed by atoms with Crippen LogP contribution in [0.4, 0.5) is 5.69 Å². The number of hydrogen-bond acceptors (Lipinski definition) is 5.